The predicted octanol–water partition coefficient (Wildman–Crippen LogP) is 4.35. The van der Waals surface area contributed by atoms with Gasteiger partial charge in [0.05, 0.1) is 13.5 Å². The van der Waals surface area contributed by atoms with E-state index >= 15 is 0 Å². The largest absolute Gasteiger partial charge is 0.496 e. The molecule has 0 unspecified atom stereocenters. The Kier molecular flexibility index (Phi) is 4.56. The molecular formula is C20H21NO3. The van der Waals surface area contributed by atoms with Gasteiger partial charge in [0, 0.05) is 28.6 Å². The molecule has 1 atom stereocenters. The molecule has 3 aromatic rings. The first-order chi connectivity index (χ1) is 11.7. The maximum absolute atomic E-state index is 11.5. The van der Waals surface area contributed by atoms with Crippen molar-refractivity contribution in [3.63, 3.8) is 0 Å². The van der Waals surface area contributed by atoms with Crippen LogP contribution >= 0.6 is 0 Å². The number of carboxylic acids is 1. The van der Waals surface area contributed by atoms with Gasteiger partial charge in [-0.3, -0.25) is 4.79 Å². The number of aromatic amines is 1. The van der Waals surface area contributed by atoms with E-state index in [1.807, 2.05) is 42.6 Å². The maximum atomic E-state index is 11.5. The third-order valence-corrected chi connectivity index (χ3v) is 4.48. The highest BCUT2D eigenvalue weighted by Crippen LogP contribution is 2.38. The zero-order chi connectivity index (χ0) is 17.1. The lowest BCUT2D eigenvalue weighted by Gasteiger charge is -2.18. The second-order valence-electron chi connectivity index (χ2n) is 5.83. The van der Waals surface area contributed by atoms with E-state index in [2.05, 4.69) is 18.0 Å². The summed E-state index contributed by atoms with van der Waals surface area (Å²) in [4.78, 5) is 14.8. The van der Waals surface area contributed by atoms with Crippen LogP contribution in [-0.4, -0.2) is 23.2 Å². The van der Waals surface area contributed by atoms with Crippen molar-refractivity contribution >= 4 is 16.9 Å². The standard InChI is InChI=1S/C20H21NO3/c1-3-13-7-6-9-15-17(12-21-20(13)15)16(11-19(22)23)14-8-4-5-10-18(14)24-2/h4-10,12,16,21H,3,11H2,1-2H3,(H,22,23)/t16-/m0/s1. The number of hydrogen-bond acceptors (Lipinski definition) is 2. The number of aromatic nitrogens is 1. The summed E-state index contributed by atoms with van der Waals surface area (Å²) in [7, 11) is 1.61. The minimum absolute atomic E-state index is 0.0175. The number of carboxylic acid groups (broad SMARTS) is 1. The maximum Gasteiger partial charge on any atom is 0.304 e. The Bertz CT molecular complexity index is 866. The summed E-state index contributed by atoms with van der Waals surface area (Å²) in [6.07, 6.45) is 2.88. The molecule has 0 saturated carbocycles. The minimum Gasteiger partial charge on any atom is -0.496 e. The van der Waals surface area contributed by atoms with Gasteiger partial charge in [0.2, 0.25) is 0 Å². The van der Waals surface area contributed by atoms with Gasteiger partial charge in [-0.05, 0) is 23.6 Å². The molecule has 1 aromatic heterocycles. The molecule has 124 valence electrons. The first-order valence-corrected chi connectivity index (χ1v) is 8.09. The fourth-order valence-electron chi connectivity index (χ4n) is 3.34. The molecule has 3 rings (SSSR count). The summed E-state index contributed by atoms with van der Waals surface area (Å²) in [6.45, 7) is 2.12. The van der Waals surface area contributed by atoms with Crippen molar-refractivity contribution in [2.45, 2.75) is 25.7 Å². The average Bonchev–Trinajstić information content (AvgIpc) is 3.03. The summed E-state index contributed by atoms with van der Waals surface area (Å²) in [5.41, 5.74) is 4.20. The molecular weight excluding hydrogens is 302 g/mol. The van der Waals surface area contributed by atoms with E-state index in [1.54, 1.807) is 7.11 Å². The molecule has 4 heteroatoms. The third kappa shape index (κ3) is 2.87. The number of aryl methyl sites for hydroxylation is 1. The van der Waals surface area contributed by atoms with E-state index in [-0.39, 0.29) is 12.3 Å². The fraction of sp³-hybridized carbons (Fsp3) is 0.250. The van der Waals surface area contributed by atoms with E-state index in [1.165, 1.54) is 5.56 Å². The fourth-order valence-corrected chi connectivity index (χ4v) is 3.34. The highest BCUT2D eigenvalue weighted by Gasteiger charge is 2.24. The van der Waals surface area contributed by atoms with Crippen molar-refractivity contribution in [2.24, 2.45) is 0 Å². The van der Waals surface area contributed by atoms with Gasteiger partial charge in [-0.2, -0.15) is 0 Å². The number of benzene rings is 2. The second kappa shape index (κ2) is 6.79. The average molecular weight is 323 g/mol. The Labute approximate surface area is 141 Å². The number of para-hydroxylation sites is 2. The Morgan fingerprint density at radius 2 is 1.96 bits per heavy atom. The molecule has 1 heterocycles. The van der Waals surface area contributed by atoms with Gasteiger partial charge >= 0.3 is 5.97 Å². The van der Waals surface area contributed by atoms with Crippen molar-refractivity contribution in [2.75, 3.05) is 7.11 Å². The zero-order valence-electron chi connectivity index (χ0n) is 13.9. The molecule has 0 saturated heterocycles. The van der Waals surface area contributed by atoms with E-state index in [0.717, 1.165) is 28.5 Å². The number of rotatable bonds is 6. The van der Waals surface area contributed by atoms with Crippen molar-refractivity contribution in [1.29, 1.82) is 0 Å². The molecule has 0 fully saturated rings. The first-order valence-electron chi connectivity index (χ1n) is 8.09. The molecule has 0 radical (unpaired) electrons. The second-order valence-corrected chi connectivity index (χ2v) is 5.83. The molecule has 0 aliphatic heterocycles. The first kappa shape index (κ1) is 16.1. The lowest BCUT2D eigenvalue weighted by molar-refractivity contribution is -0.137. The minimum atomic E-state index is -0.827. The van der Waals surface area contributed by atoms with E-state index in [4.69, 9.17) is 4.74 Å². The number of ether oxygens (including phenoxy) is 1. The normalized spacial score (nSPS) is 12.2. The van der Waals surface area contributed by atoms with Crippen LogP contribution in [0.25, 0.3) is 10.9 Å². The van der Waals surface area contributed by atoms with E-state index in [0.29, 0.717) is 5.75 Å². The zero-order valence-corrected chi connectivity index (χ0v) is 13.9. The van der Waals surface area contributed by atoms with Crippen LogP contribution in [0.4, 0.5) is 0 Å². The van der Waals surface area contributed by atoms with Crippen molar-refractivity contribution < 1.29 is 14.6 Å². The molecule has 0 amide bonds. The summed E-state index contributed by atoms with van der Waals surface area (Å²) in [5, 5.41) is 10.5. The number of methoxy groups -OCH3 is 1. The van der Waals surface area contributed by atoms with Gasteiger partial charge < -0.3 is 14.8 Å². The number of fused-ring (bicyclic) bond motifs is 1. The van der Waals surface area contributed by atoms with Gasteiger partial charge in [-0.25, -0.2) is 0 Å². The van der Waals surface area contributed by atoms with Crippen LogP contribution in [0.5, 0.6) is 5.75 Å². The number of carbonyl (C=O) groups is 1. The van der Waals surface area contributed by atoms with Gasteiger partial charge in [-0.1, -0.05) is 43.3 Å². The Balaban J connectivity index is 2.19. The van der Waals surface area contributed by atoms with Gasteiger partial charge in [0.1, 0.15) is 5.75 Å². The Hall–Kier alpha value is -2.75. The van der Waals surface area contributed by atoms with Crippen LogP contribution < -0.4 is 4.74 Å². The predicted molar refractivity (Wildman–Crippen MR) is 94.8 cm³/mol. The van der Waals surface area contributed by atoms with Gasteiger partial charge in [0.15, 0.2) is 0 Å². The number of H-pyrrole nitrogens is 1. The Morgan fingerprint density at radius 1 is 1.17 bits per heavy atom. The van der Waals surface area contributed by atoms with E-state index in [9.17, 15) is 9.90 Å². The monoisotopic (exact) mass is 323 g/mol. The SMILES string of the molecule is CCc1cccc2c([C@@H](CC(=O)O)c3ccccc3OC)c[nH]c12. The van der Waals surface area contributed by atoms with Crippen LogP contribution in [-0.2, 0) is 11.2 Å². The van der Waals surface area contributed by atoms with Gasteiger partial charge in [0.25, 0.3) is 0 Å². The topological polar surface area (TPSA) is 62.3 Å². The molecule has 2 aromatic carbocycles. The number of nitrogens with one attached hydrogen (secondary N) is 1. The summed E-state index contributed by atoms with van der Waals surface area (Å²) < 4.78 is 5.46. The van der Waals surface area contributed by atoms with Crippen LogP contribution in [0.3, 0.4) is 0 Å². The van der Waals surface area contributed by atoms with Crippen LogP contribution in [0.1, 0.15) is 36.0 Å². The van der Waals surface area contributed by atoms with Crippen LogP contribution in [0.2, 0.25) is 0 Å². The highest BCUT2D eigenvalue weighted by atomic mass is 16.5. The molecule has 24 heavy (non-hydrogen) atoms. The van der Waals surface area contributed by atoms with E-state index < -0.39 is 5.97 Å². The van der Waals surface area contributed by atoms with Crippen LogP contribution in [0, 0.1) is 0 Å². The summed E-state index contributed by atoms with van der Waals surface area (Å²) in [6, 6.07) is 13.8. The van der Waals surface area contributed by atoms with Crippen LogP contribution in [0.15, 0.2) is 48.7 Å². The molecule has 4 nitrogen and oxygen atoms in total. The number of aliphatic carboxylic acids is 1. The molecule has 0 aliphatic rings. The van der Waals surface area contributed by atoms with Crippen molar-refractivity contribution in [3.05, 3.63) is 65.4 Å². The molecule has 0 bridgehead atoms. The molecule has 2 N–H and O–H groups in total. The third-order valence-electron chi connectivity index (χ3n) is 4.48. The molecule has 0 aliphatic carbocycles. The van der Waals surface area contributed by atoms with Crippen molar-refractivity contribution in [3.8, 4) is 5.75 Å². The lowest BCUT2D eigenvalue weighted by atomic mass is 9.87. The Morgan fingerprint density at radius 3 is 2.67 bits per heavy atom. The van der Waals surface area contributed by atoms with Crippen molar-refractivity contribution in [1.82, 2.24) is 4.98 Å². The summed E-state index contributed by atoms with van der Waals surface area (Å²) >= 11 is 0. The smallest absolute Gasteiger partial charge is 0.304 e. The quantitative estimate of drug-likeness (QED) is 0.709. The molecule has 0 spiro atoms. The van der Waals surface area contributed by atoms with Gasteiger partial charge in [-0.15, -0.1) is 0 Å². The lowest BCUT2D eigenvalue weighted by Crippen LogP contribution is -2.09. The number of hydrogen-bond donors (Lipinski definition) is 2. The summed E-state index contributed by atoms with van der Waals surface area (Å²) in [5.74, 6) is -0.379. The highest BCUT2D eigenvalue weighted by molar-refractivity contribution is 5.88.